The van der Waals surface area contributed by atoms with Crippen LogP contribution in [-0.4, -0.2) is 0 Å². The van der Waals surface area contributed by atoms with Crippen molar-refractivity contribution >= 4 is 44.3 Å². The molecule has 28 heavy (non-hydrogen) atoms. The highest BCUT2D eigenvalue weighted by Crippen LogP contribution is 2.27. The zero-order valence-electron chi connectivity index (χ0n) is 14.9. The van der Waals surface area contributed by atoms with Crippen LogP contribution in [0.1, 0.15) is 0 Å². The Morgan fingerprint density at radius 2 is 0.857 bits per heavy atom. The van der Waals surface area contributed by atoms with E-state index >= 15 is 0 Å². The molecule has 0 saturated carbocycles. The number of fused-ring (bicyclic) bond motifs is 2. The largest absolute Gasteiger partial charge is 0.350 e. The van der Waals surface area contributed by atoms with Gasteiger partial charge in [0.2, 0.25) is 0 Å². The second kappa shape index (κ2) is 6.35. The van der Waals surface area contributed by atoms with Gasteiger partial charge in [0.15, 0.2) is 0 Å². The van der Waals surface area contributed by atoms with Gasteiger partial charge in [-0.1, -0.05) is 60.7 Å². The highest BCUT2D eigenvalue weighted by Gasteiger charge is 2.21. The topological polar surface area (TPSA) is 58.2 Å². The summed E-state index contributed by atoms with van der Waals surface area (Å²) in [5.41, 5.74) is 1.13. The molecular formula is C24H16N2O2. The fraction of sp³-hybridized carbons (Fsp3) is 0. The van der Waals surface area contributed by atoms with Crippen LogP contribution in [0, 0.1) is 0 Å². The lowest BCUT2D eigenvalue weighted by Gasteiger charge is -2.15. The van der Waals surface area contributed by atoms with Crippen molar-refractivity contribution in [3.63, 3.8) is 0 Å². The number of hydrogen-bond acceptors (Lipinski definition) is 4. The highest BCUT2D eigenvalue weighted by atomic mass is 16.2. The molecule has 4 nitrogen and oxygen atoms in total. The fourth-order valence-corrected chi connectivity index (χ4v) is 3.45. The summed E-state index contributed by atoms with van der Waals surface area (Å²) in [5.74, 6) is 0. The summed E-state index contributed by atoms with van der Waals surface area (Å²) in [6, 6.07) is 27.7. The van der Waals surface area contributed by atoms with Crippen molar-refractivity contribution in [2.24, 2.45) is 0 Å². The van der Waals surface area contributed by atoms with Crippen LogP contribution in [0.15, 0.2) is 94.5 Å². The SMILES string of the molecule is O=c1c(Nc2ccc3ccccc3c2)c(Nc2ccc3ccccc3c2)c1=O. The summed E-state index contributed by atoms with van der Waals surface area (Å²) in [4.78, 5) is 24.3. The van der Waals surface area contributed by atoms with Gasteiger partial charge in [0.1, 0.15) is 11.4 Å². The number of nitrogens with one attached hydrogen (secondary N) is 2. The summed E-state index contributed by atoms with van der Waals surface area (Å²) in [7, 11) is 0. The molecule has 0 aliphatic carbocycles. The highest BCUT2D eigenvalue weighted by molar-refractivity contribution is 5.90. The molecule has 0 aliphatic rings. The van der Waals surface area contributed by atoms with Crippen LogP contribution in [0.25, 0.3) is 21.5 Å². The Kier molecular flexibility index (Phi) is 3.69. The number of anilines is 4. The first-order valence-corrected chi connectivity index (χ1v) is 9.04. The molecule has 0 bridgehead atoms. The molecule has 0 heterocycles. The van der Waals surface area contributed by atoms with Gasteiger partial charge in [0.05, 0.1) is 0 Å². The Balaban J connectivity index is 1.47. The van der Waals surface area contributed by atoms with Gasteiger partial charge in [0.25, 0.3) is 10.9 Å². The molecule has 0 spiro atoms. The molecule has 0 aromatic heterocycles. The summed E-state index contributed by atoms with van der Waals surface area (Å²) < 4.78 is 0. The minimum absolute atomic E-state index is 0.299. The van der Waals surface area contributed by atoms with E-state index in [2.05, 4.69) is 10.6 Å². The molecule has 0 fully saturated rings. The van der Waals surface area contributed by atoms with E-state index in [4.69, 9.17) is 0 Å². The van der Waals surface area contributed by atoms with Gasteiger partial charge < -0.3 is 10.6 Å². The third kappa shape index (κ3) is 2.72. The number of benzene rings is 4. The lowest BCUT2D eigenvalue weighted by Crippen LogP contribution is -2.35. The van der Waals surface area contributed by atoms with Crippen LogP contribution in [0.3, 0.4) is 0 Å². The van der Waals surface area contributed by atoms with Crippen molar-refractivity contribution in [1.29, 1.82) is 0 Å². The first-order valence-electron chi connectivity index (χ1n) is 9.04. The maximum atomic E-state index is 12.1. The summed E-state index contributed by atoms with van der Waals surface area (Å²) in [6.45, 7) is 0. The van der Waals surface area contributed by atoms with Crippen LogP contribution in [0.5, 0.6) is 0 Å². The van der Waals surface area contributed by atoms with Gasteiger partial charge in [-0.05, 0) is 45.8 Å². The van der Waals surface area contributed by atoms with Crippen LogP contribution in [0.2, 0.25) is 0 Å². The van der Waals surface area contributed by atoms with E-state index < -0.39 is 10.9 Å². The maximum absolute atomic E-state index is 12.1. The van der Waals surface area contributed by atoms with E-state index in [9.17, 15) is 9.59 Å². The second-order valence-electron chi connectivity index (χ2n) is 6.78. The standard InChI is InChI=1S/C24H16N2O2/c27-23-21(25-19-11-9-15-5-1-3-7-17(15)13-19)22(24(23)28)26-20-12-10-16-6-2-4-8-18(16)14-20/h1-14,25-26H. The van der Waals surface area contributed by atoms with E-state index in [1.807, 2.05) is 84.9 Å². The second-order valence-corrected chi connectivity index (χ2v) is 6.78. The molecule has 5 aromatic rings. The summed E-state index contributed by atoms with van der Waals surface area (Å²) >= 11 is 0. The van der Waals surface area contributed by atoms with E-state index in [1.54, 1.807) is 0 Å². The van der Waals surface area contributed by atoms with Crippen molar-refractivity contribution in [2.75, 3.05) is 10.6 Å². The predicted molar refractivity (Wildman–Crippen MR) is 116 cm³/mol. The van der Waals surface area contributed by atoms with Gasteiger partial charge in [0, 0.05) is 11.4 Å². The molecule has 0 amide bonds. The van der Waals surface area contributed by atoms with Crippen molar-refractivity contribution in [2.45, 2.75) is 0 Å². The summed E-state index contributed by atoms with van der Waals surface area (Å²) in [6.07, 6.45) is 0. The minimum atomic E-state index is -0.503. The Morgan fingerprint density at radius 3 is 1.29 bits per heavy atom. The van der Waals surface area contributed by atoms with E-state index in [1.165, 1.54) is 0 Å². The lowest BCUT2D eigenvalue weighted by molar-refractivity contribution is 1.36. The molecular weight excluding hydrogens is 348 g/mol. The monoisotopic (exact) mass is 364 g/mol. The van der Waals surface area contributed by atoms with Gasteiger partial charge in [-0.15, -0.1) is 0 Å². The average molecular weight is 364 g/mol. The van der Waals surface area contributed by atoms with E-state index in [0.717, 1.165) is 32.9 Å². The molecule has 5 aromatic carbocycles. The first kappa shape index (κ1) is 16.3. The molecule has 5 rings (SSSR count). The van der Waals surface area contributed by atoms with Crippen molar-refractivity contribution in [3.8, 4) is 0 Å². The maximum Gasteiger partial charge on any atom is 0.253 e. The van der Waals surface area contributed by atoms with Crippen molar-refractivity contribution < 1.29 is 0 Å². The molecule has 4 heteroatoms. The zero-order chi connectivity index (χ0) is 19.1. The average Bonchev–Trinajstić information content (AvgIpc) is 2.75. The fourth-order valence-electron chi connectivity index (χ4n) is 3.45. The Hall–Kier alpha value is -3.92. The predicted octanol–water partition coefficient (Wildman–Crippen LogP) is 5.08. The van der Waals surface area contributed by atoms with Crippen LogP contribution < -0.4 is 21.5 Å². The number of hydrogen-bond donors (Lipinski definition) is 2. The van der Waals surface area contributed by atoms with Crippen LogP contribution in [0.4, 0.5) is 22.7 Å². The van der Waals surface area contributed by atoms with Gasteiger partial charge >= 0.3 is 0 Å². The first-order chi connectivity index (χ1) is 13.7. The molecule has 0 atom stereocenters. The van der Waals surface area contributed by atoms with Gasteiger partial charge in [-0.25, -0.2) is 0 Å². The van der Waals surface area contributed by atoms with Gasteiger partial charge in [-0.3, -0.25) is 9.59 Å². The zero-order valence-corrected chi connectivity index (χ0v) is 14.9. The third-order valence-electron chi connectivity index (χ3n) is 4.95. The normalized spacial score (nSPS) is 11.1. The van der Waals surface area contributed by atoms with Crippen LogP contribution in [-0.2, 0) is 0 Å². The smallest absolute Gasteiger partial charge is 0.253 e. The molecule has 0 aliphatic heterocycles. The Morgan fingerprint density at radius 1 is 0.464 bits per heavy atom. The van der Waals surface area contributed by atoms with E-state index in [0.29, 0.717) is 11.4 Å². The third-order valence-corrected chi connectivity index (χ3v) is 4.95. The van der Waals surface area contributed by atoms with Gasteiger partial charge in [-0.2, -0.15) is 0 Å². The lowest BCUT2D eigenvalue weighted by atomic mass is 10.1. The van der Waals surface area contributed by atoms with Crippen LogP contribution >= 0.6 is 0 Å². The molecule has 2 N–H and O–H groups in total. The molecule has 0 saturated heterocycles. The van der Waals surface area contributed by atoms with E-state index in [-0.39, 0.29) is 0 Å². The number of rotatable bonds is 4. The quantitative estimate of drug-likeness (QED) is 0.437. The minimum Gasteiger partial charge on any atom is -0.350 e. The molecule has 134 valence electrons. The Bertz CT molecular complexity index is 1300. The van der Waals surface area contributed by atoms with Crippen molar-refractivity contribution in [1.82, 2.24) is 0 Å². The Labute approximate surface area is 160 Å². The summed E-state index contributed by atoms with van der Waals surface area (Å²) in [5, 5.41) is 10.6. The molecule has 0 unspecified atom stereocenters. The molecule has 0 radical (unpaired) electrons. The van der Waals surface area contributed by atoms with Crippen molar-refractivity contribution in [3.05, 3.63) is 105 Å².